The minimum Gasteiger partial charge on any atom is -0.381 e. The van der Waals surface area contributed by atoms with Gasteiger partial charge in [-0.1, -0.05) is 24.2 Å². The van der Waals surface area contributed by atoms with Crippen LogP contribution in [0.25, 0.3) is 0 Å². The van der Waals surface area contributed by atoms with Gasteiger partial charge in [-0.15, -0.1) is 0 Å². The molecule has 1 amide bonds. The first-order chi connectivity index (χ1) is 15.8. The van der Waals surface area contributed by atoms with Gasteiger partial charge in [-0.25, -0.2) is 13.4 Å². The average molecular weight is 498 g/mol. The van der Waals surface area contributed by atoms with Crippen LogP contribution in [0.2, 0.25) is 0 Å². The highest BCUT2D eigenvalue weighted by Crippen LogP contribution is 2.31. The number of sulfone groups is 1. The molecule has 1 saturated carbocycles. The van der Waals surface area contributed by atoms with Crippen LogP contribution < -0.4 is 10.9 Å². The quantitative estimate of drug-likeness (QED) is 0.628. The molecule has 0 bridgehead atoms. The number of nitrogens with one attached hydrogen (secondary N) is 1. The van der Waals surface area contributed by atoms with Gasteiger partial charge in [0.15, 0.2) is 20.1 Å². The summed E-state index contributed by atoms with van der Waals surface area (Å²) in [6, 6.07) is 1.74. The predicted molar refractivity (Wildman–Crippen MR) is 123 cm³/mol. The van der Waals surface area contributed by atoms with Crippen molar-refractivity contribution in [3.63, 3.8) is 0 Å². The number of halogens is 1. The van der Waals surface area contributed by atoms with Crippen molar-refractivity contribution in [1.29, 1.82) is 0 Å². The maximum atomic E-state index is 13.4. The molecule has 1 aliphatic heterocycles. The van der Waals surface area contributed by atoms with Crippen LogP contribution in [0.4, 0.5) is 9.52 Å². The molecule has 33 heavy (non-hydrogen) atoms. The van der Waals surface area contributed by atoms with Crippen LogP contribution in [-0.2, 0) is 19.4 Å². The van der Waals surface area contributed by atoms with Crippen molar-refractivity contribution >= 4 is 32.2 Å². The third-order valence-corrected chi connectivity index (χ3v) is 9.47. The van der Waals surface area contributed by atoms with Gasteiger partial charge in [0, 0.05) is 25.0 Å². The van der Waals surface area contributed by atoms with Crippen molar-refractivity contribution in [2.75, 3.05) is 18.5 Å². The molecule has 1 N–H and O–H groups in total. The number of nitrogens with zero attached hydrogens (tertiary/aromatic N) is 2. The Morgan fingerprint density at radius 1 is 1.27 bits per heavy atom. The normalized spacial score (nSPS) is 19.0. The Morgan fingerprint density at radius 2 is 1.97 bits per heavy atom. The van der Waals surface area contributed by atoms with Gasteiger partial charge in [0.1, 0.15) is 6.04 Å². The molecule has 2 aliphatic rings. The van der Waals surface area contributed by atoms with Crippen LogP contribution in [0.1, 0.15) is 56.7 Å². The van der Waals surface area contributed by atoms with Crippen LogP contribution in [0, 0.1) is 18.0 Å². The second-order valence-corrected chi connectivity index (χ2v) is 12.0. The summed E-state index contributed by atoms with van der Waals surface area (Å²) in [7, 11) is -3.60. The van der Waals surface area contributed by atoms with Crippen LogP contribution in [-0.4, -0.2) is 42.3 Å². The van der Waals surface area contributed by atoms with E-state index in [9.17, 15) is 22.4 Å². The lowest BCUT2D eigenvalue weighted by atomic mass is 9.91. The lowest BCUT2D eigenvalue weighted by Crippen LogP contribution is -2.37. The lowest BCUT2D eigenvalue weighted by molar-refractivity contribution is -0.120. The van der Waals surface area contributed by atoms with E-state index in [4.69, 9.17) is 4.74 Å². The molecule has 180 valence electrons. The molecule has 1 atom stereocenters. The molecule has 8 nitrogen and oxygen atoms in total. The SMILES string of the molecule is Cc1cc(S(=O)(=O)C2CCCC2)cc(=O)n1[C@@H](CC1CCOCC1)C(=O)Nc1ncc(F)s1. The summed E-state index contributed by atoms with van der Waals surface area (Å²) in [4.78, 5) is 30.3. The number of carbonyl (C=O) groups excluding carboxylic acids is 1. The minimum absolute atomic E-state index is 0.0142. The Balaban J connectivity index is 1.67. The Kier molecular flexibility index (Phi) is 7.30. The summed E-state index contributed by atoms with van der Waals surface area (Å²) in [5, 5.41) is 1.73. The van der Waals surface area contributed by atoms with Crippen molar-refractivity contribution in [3.05, 3.63) is 39.5 Å². The highest BCUT2D eigenvalue weighted by molar-refractivity contribution is 7.92. The fourth-order valence-corrected chi connectivity index (χ4v) is 7.25. The predicted octanol–water partition coefficient (Wildman–Crippen LogP) is 3.47. The number of thiazole rings is 1. The molecule has 2 aromatic heterocycles. The van der Waals surface area contributed by atoms with Gasteiger partial charge in [0.2, 0.25) is 5.91 Å². The standard InChI is InChI=1S/C22H28FN3O5S2/c1-14-10-17(33(29,30)16-4-2-3-5-16)12-20(27)26(14)18(11-15-6-8-31-9-7-15)21(28)25-22-24-13-19(23)32-22/h10,12-13,15-16,18H,2-9,11H2,1H3,(H,24,25,28)/t18-/m0/s1. The third kappa shape index (κ3) is 5.36. The molecule has 1 saturated heterocycles. The van der Waals surface area contributed by atoms with Gasteiger partial charge in [0.25, 0.3) is 5.56 Å². The smallest absolute Gasteiger partial charge is 0.252 e. The van der Waals surface area contributed by atoms with Crippen LogP contribution in [0.15, 0.2) is 28.0 Å². The van der Waals surface area contributed by atoms with Gasteiger partial charge in [-0.2, -0.15) is 4.39 Å². The zero-order valence-electron chi connectivity index (χ0n) is 18.5. The number of rotatable bonds is 7. The molecule has 1 aliphatic carbocycles. The molecular formula is C22H28FN3O5S2. The molecule has 0 spiro atoms. The van der Waals surface area contributed by atoms with Crippen molar-refractivity contribution in [3.8, 4) is 0 Å². The zero-order valence-corrected chi connectivity index (χ0v) is 20.1. The summed E-state index contributed by atoms with van der Waals surface area (Å²) < 4.78 is 46.2. The topological polar surface area (TPSA) is 107 Å². The third-order valence-electron chi connectivity index (χ3n) is 6.52. The Morgan fingerprint density at radius 3 is 2.58 bits per heavy atom. The number of ether oxygens (including phenoxy) is 1. The van der Waals surface area contributed by atoms with Gasteiger partial charge >= 0.3 is 0 Å². The van der Waals surface area contributed by atoms with Crippen LogP contribution in [0.5, 0.6) is 0 Å². The molecule has 0 unspecified atom stereocenters. The molecule has 11 heteroatoms. The first-order valence-corrected chi connectivity index (χ1v) is 13.6. The van der Waals surface area contributed by atoms with E-state index in [0.29, 0.717) is 49.5 Å². The van der Waals surface area contributed by atoms with Crippen LogP contribution in [0.3, 0.4) is 0 Å². The zero-order chi connectivity index (χ0) is 23.6. The first-order valence-electron chi connectivity index (χ1n) is 11.2. The van der Waals surface area contributed by atoms with Crippen molar-refractivity contribution in [2.45, 2.75) is 68.1 Å². The average Bonchev–Trinajstić information content (AvgIpc) is 3.45. The number of aromatic nitrogens is 2. The van der Waals surface area contributed by atoms with E-state index < -0.39 is 37.7 Å². The van der Waals surface area contributed by atoms with Gasteiger partial charge < -0.3 is 14.6 Å². The number of pyridine rings is 1. The number of aryl methyl sites for hydroxylation is 1. The van der Waals surface area contributed by atoms with E-state index >= 15 is 0 Å². The maximum Gasteiger partial charge on any atom is 0.252 e. The lowest BCUT2D eigenvalue weighted by Gasteiger charge is -2.28. The second kappa shape index (κ2) is 10.0. The van der Waals surface area contributed by atoms with Crippen molar-refractivity contribution < 1.29 is 22.3 Å². The molecule has 2 aromatic rings. The number of hydrogen-bond acceptors (Lipinski definition) is 7. The molecule has 3 heterocycles. The van der Waals surface area contributed by atoms with E-state index in [0.717, 1.165) is 37.9 Å². The van der Waals surface area contributed by atoms with E-state index in [1.54, 1.807) is 6.92 Å². The fraction of sp³-hybridized carbons (Fsp3) is 0.591. The van der Waals surface area contributed by atoms with Crippen molar-refractivity contribution in [2.24, 2.45) is 5.92 Å². The van der Waals surface area contributed by atoms with E-state index in [1.807, 2.05) is 0 Å². The molecular weight excluding hydrogens is 469 g/mol. The minimum atomic E-state index is -3.60. The Bertz CT molecular complexity index is 1160. The summed E-state index contributed by atoms with van der Waals surface area (Å²) >= 11 is 0.707. The van der Waals surface area contributed by atoms with Crippen molar-refractivity contribution in [1.82, 2.24) is 9.55 Å². The first kappa shape index (κ1) is 24.0. The summed E-state index contributed by atoms with van der Waals surface area (Å²) in [6.45, 7) is 2.81. The van der Waals surface area contributed by atoms with E-state index in [1.165, 1.54) is 10.6 Å². The molecule has 2 fully saturated rings. The number of amides is 1. The molecule has 0 radical (unpaired) electrons. The fourth-order valence-electron chi connectivity index (χ4n) is 4.77. The monoisotopic (exact) mass is 497 g/mol. The van der Waals surface area contributed by atoms with E-state index in [-0.39, 0.29) is 15.9 Å². The molecule has 4 rings (SSSR count). The summed E-state index contributed by atoms with van der Waals surface area (Å²) in [5.74, 6) is -0.317. The van der Waals surface area contributed by atoms with E-state index in [2.05, 4.69) is 10.3 Å². The highest BCUT2D eigenvalue weighted by atomic mass is 32.2. The number of hydrogen-bond donors (Lipinski definition) is 1. The Labute approximate surface area is 196 Å². The highest BCUT2D eigenvalue weighted by Gasteiger charge is 2.33. The Hall–Kier alpha value is -2.11. The van der Waals surface area contributed by atoms with Gasteiger partial charge in [0.05, 0.1) is 16.3 Å². The number of carbonyl (C=O) groups is 1. The molecule has 0 aromatic carbocycles. The van der Waals surface area contributed by atoms with Gasteiger partial charge in [-0.05, 0) is 51.0 Å². The number of anilines is 1. The van der Waals surface area contributed by atoms with Crippen LogP contribution >= 0.6 is 11.3 Å². The van der Waals surface area contributed by atoms with Gasteiger partial charge in [-0.3, -0.25) is 9.59 Å². The summed E-state index contributed by atoms with van der Waals surface area (Å²) in [6.07, 6.45) is 5.87. The maximum absolute atomic E-state index is 13.4. The summed E-state index contributed by atoms with van der Waals surface area (Å²) in [5.41, 5.74) is -0.138. The largest absolute Gasteiger partial charge is 0.381 e. The second-order valence-electron chi connectivity index (χ2n) is 8.76.